The standard InChI is InChI=1S/C13H17N3S/c1-2-9-3-5-10(6-4-9)12(11-7-8-11)15-16-13(14)17/h3-6,11H,2,7-8H2,1H3,(H3,14,16,17)/b15-12-. The zero-order valence-electron chi connectivity index (χ0n) is 9.94. The highest BCUT2D eigenvalue weighted by Crippen LogP contribution is 2.33. The lowest BCUT2D eigenvalue weighted by Crippen LogP contribution is -2.26. The van der Waals surface area contributed by atoms with Crippen LogP contribution in [-0.4, -0.2) is 10.8 Å². The minimum Gasteiger partial charge on any atom is -0.375 e. The number of hydrazone groups is 1. The second-order valence-electron chi connectivity index (χ2n) is 4.30. The Hall–Kier alpha value is -1.42. The van der Waals surface area contributed by atoms with Crippen LogP contribution in [0.4, 0.5) is 0 Å². The fraction of sp³-hybridized carbons (Fsp3) is 0.385. The lowest BCUT2D eigenvalue weighted by Gasteiger charge is -2.06. The van der Waals surface area contributed by atoms with E-state index in [0.29, 0.717) is 5.92 Å². The Morgan fingerprint density at radius 1 is 1.41 bits per heavy atom. The first-order valence-electron chi connectivity index (χ1n) is 5.93. The first kappa shape index (κ1) is 12.0. The number of nitrogens with zero attached hydrogens (tertiary/aromatic N) is 1. The van der Waals surface area contributed by atoms with E-state index in [9.17, 15) is 0 Å². The van der Waals surface area contributed by atoms with Crippen LogP contribution in [0.25, 0.3) is 0 Å². The van der Waals surface area contributed by atoms with Crippen molar-refractivity contribution >= 4 is 23.0 Å². The van der Waals surface area contributed by atoms with Crippen molar-refractivity contribution in [2.45, 2.75) is 26.2 Å². The molecule has 0 atom stereocenters. The normalized spacial score (nSPS) is 15.7. The molecule has 1 aromatic carbocycles. The van der Waals surface area contributed by atoms with Gasteiger partial charge < -0.3 is 5.73 Å². The molecular weight excluding hydrogens is 230 g/mol. The van der Waals surface area contributed by atoms with Crippen LogP contribution in [0.3, 0.4) is 0 Å². The summed E-state index contributed by atoms with van der Waals surface area (Å²) in [5.41, 5.74) is 11.7. The average molecular weight is 247 g/mol. The van der Waals surface area contributed by atoms with E-state index in [-0.39, 0.29) is 5.11 Å². The first-order chi connectivity index (χ1) is 8.20. The molecule has 0 spiro atoms. The third-order valence-electron chi connectivity index (χ3n) is 2.91. The molecule has 0 saturated heterocycles. The van der Waals surface area contributed by atoms with Gasteiger partial charge in [0.15, 0.2) is 5.11 Å². The van der Waals surface area contributed by atoms with Gasteiger partial charge in [-0.25, -0.2) is 0 Å². The van der Waals surface area contributed by atoms with E-state index in [4.69, 9.17) is 18.0 Å². The summed E-state index contributed by atoms with van der Waals surface area (Å²) in [5.74, 6) is 0.560. The summed E-state index contributed by atoms with van der Waals surface area (Å²) in [6.07, 6.45) is 3.46. The summed E-state index contributed by atoms with van der Waals surface area (Å²) >= 11 is 4.77. The smallest absolute Gasteiger partial charge is 0.184 e. The van der Waals surface area contributed by atoms with Crippen LogP contribution in [-0.2, 0) is 6.42 Å². The summed E-state index contributed by atoms with van der Waals surface area (Å²) in [6.45, 7) is 2.15. The highest BCUT2D eigenvalue weighted by Gasteiger charge is 2.28. The predicted octanol–water partition coefficient (Wildman–Crippen LogP) is 2.20. The van der Waals surface area contributed by atoms with Gasteiger partial charge in [-0.1, -0.05) is 31.2 Å². The molecule has 17 heavy (non-hydrogen) atoms. The number of nitrogens with one attached hydrogen (secondary N) is 1. The van der Waals surface area contributed by atoms with Crippen molar-refractivity contribution in [1.29, 1.82) is 0 Å². The van der Waals surface area contributed by atoms with Gasteiger partial charge >= 0.3 is 0 Å². The molecule has 1 fully saturated rings. The molecule has 0 radical (unpaired) electrons. The summed E-state index contributed by atoms with van der Waals surface area (Å²) in [7, 11) is 0. The van der Waals surface area contributed by atoms with Gasteiger partial charge in [-0.2, -0.15) is 5.10 Å². The van der Waals surface area contributed by atoms with E-state index in [1.807, 2.05) is 0 Å². The van der Waals surface area contributed by atoms with E-state index >= 15 is 0 Å². The predicted molar refractivity (Wildman–Crippen MR) is 75.0 cm³/mol. The molecule has 2 rings (SSSR count). The van der Waals surface area contributed by atoms with Gasteiger partial charge in [0, 0.05) is 5.92 Å². The first-order valence-corrected chi connectivity index (χ1v) is 6.34. The Bertz CT molecular complexity index is 432. The summed E-state index contributed by atoms with van der Waals surface area (Å²) in [4.78, 5) is 0. The second-order valence-corrected chi connectivity index (χ2v) is 4.74. The van der Waals surface area contributed by atoms with Gasteiger partial charge in [0.2, 0.25) is 0 Å². The number of thiocarbonyl (C=S) groups is 1. The fourth-order valence-corrected chi connectivity index (χ4v) is 1.82. The van der Waals surface area contributed by atoms with Crippen LogP contribution >= 0.6 is 12.2 Å². The third kappa shape index (κ3) is 3.27. The minimum absolute atomic E-state index is 0.216. The van der Waals surface area contributed by atoms with Crippen LogP contribution in [0, 0.1) is 5.92 Å². The molecule has 0 aliphatic heterocycles. The number of rotatable bonds is 4. The molecule has 90 valence electrons. The van der Waals surface area contributed by atoms with Crippen LogP contribution in [0.1, 0.15) is 30.9 Å². The van der Waals surface area contributed by atoms with Crippen molar-refractivity contribution in [3.63, 3.8) is 0 Å². The molecular formula is C13H17N3S. The van der Waals surface area contributed by atoms with E-state index in [1.54, 1.807) is 0 Å². The Morgan fingerprint density at radius 3 is 2.53 bits per heavy atom. The number of nitrogens with two attached hydrogens (primary N) is 1. The largest absolute Gasteiger partial charge is 0.375 e. The molecule has 3 N–H and O–H groups in total. The van der Waals surface area contributed by atoms with Crippen molar-refractivity contribution in [2.75, 3.05) is 0 Å². The van der Waals surface area contributed by atoms with Gasteiger partial charge in [-0.15, -0.1) is 0 Å². The van der Waals surface area contributed by atoms with Crippen LogP contribution in [0.5, 0.6) is 0 Å². The molecule has 0 aromatic heterocycles. The van der Waals surface area contributed by atoms with Crippen molar-refractivity contribution in [3.05, 3.63) is 35.4 Å². The summed E-state index contributed by atoms with van der Waals surface area (Å²) < 4.78 is 0. The van der Waals surface area contributed by atoms with E-state index in [1.165, 1.54) is 18.4 Å². The van der Waals surface area contributed by atoms with Gasteiger partial charge in [-0.05, 0) is 42.6 Å². The van der Waals surface area contributed by atoms with Crippen molar-refractivity contribution in [3.8, 4) is 0 Å². The highest BCUT2D eigenvalue weighted by atomic mass is 32.1. The van der Waals surface area contributed by atoms with Crippen molar-refractivity contribution in [1.82, 2.24) is 5.43 Å². The Balaban J connectivity index is 2.19. The number of benzene rings is 1. The van der Waals surface area contributed by atoms with Crippen LogP contribution in [0.15, 0.2) is 29.4 Å². The maximum Gasteiger partial charge on any atom is 0.184 e. The number of hydrogen-bond acceptors (Lipinski definition) is 2. The lowest BCUT2D eigenvalue weighted by molar-refractivity contribution is 0.998. The topological polar surface area (TPSA) is 50.4 Å². The monoisotopic (exact) mass is 247 g/mol. The Labute approximate surface area is 107 Å². The zero-order valence-corrected chi connectivity index (χ0v) is 10.8. The van der Waals surface area contributed by atoms with E-state index in [2.05, 4.69) is 41.7 Å². The Kier molecular flexibility index (Phi) is 3.74. The fourth-order valence-electron chi connectivity index (χ4n) is 1.77. The molecule has 0 unspecified atom stereocenters. The maximum atomic E-state index is 5.40. The summed E-state index contributed by atoms with van der Waals surface area (Å²) in [5, 5.41) is 4.53. The molecule has 4 heteroatoms. The van der Waals surface area contributed by atoms with Gasteiger partial charge in [0.05, 0.1) is 5.71 Å². The summed E-state index contributed by atoms with van der Waals surface area (Å²) in [6, 6.07) is 8.54. The van der Waals surface area contributed by atoms with E-state index in [0.717, 1.165) is 17.7 Å². The molecule has 1 aromatic rings. The van der Waals surface area contributed by atoms with Gasteiger partial charge in [0.25, 0.3) is 0 Å². The van der Waals surface area contributed by atoms with Gasteiger partial charge in [-0.3, -0.25) is 5.43 Å². The van der Waals surface area contributed by atoms with Crippen LogP contribution in [0.2, 0.25) is 0 Å². The number of hydrogen-bond donors (Lipinski definition) is 2. The SMILES string of the molecule is CCc1ccc(/C(=N/NC(N)=S)C2CC2)cc1. The quantitative estimate of drug-likeness (QED) is 0.487. The average Bonchev–Trinajstić information content (AvgIpc) is 3.14. The number of aryl methyl sites for hydroxylation is 1. The molecule has 0 amide bonds. The third-order valence-corrected chi connectivity index (χ3v) is 3.00. The molecule has 0 heterocycles. The second kappa shape index (κ2) is 5.27. The molecule has 1 aliphatic carbocycles. The molecule has 3 nitrogen and oxygen atoms in total. The van der Waals surface area contributed by atoms with Crippen molar-refractivity contribution < 1.29 is 0 Å². The minimum atomic E-state index is 0.216. The molecule has 0 bridgehead atoms. The van der Waals surface area contributed by atoms with E-state index < -0.39 is 0 Å². The van der Waals surface area contributed by atoms with Gasteiger partial charge in [0.1, 0.15) is 0 Å². The van der Waals surface area contributed by atoms with Crippen molar-refractivity contribution in [2.24, 2.45) is 16.8 Å². The molecule has 1 aliphatic rings. The maximum absolute atomic E-state index is 5.40. The lowest BCUT2D eigenvalue weighted by atomic mass is 10.0. The highest BCUT2D eigenvalue weighted by molar-refractivity contribution is 7.80. The van der Waals surface area contributed by atoms with Crippen LogP contribution < -0.4 is 11.2 Å². The molecule has 1 saturated carbocycles. The zero-order chi connectivity index (χ0) is 12.3. The Morgan fingerprint density at radius 2 is 2.06 bits per heavy atom.